The fraction of sp³-hybridized carbons (Fsp3) is 0.838. The van der Waals surface area contributed by atoms with Crippen molar-refractivity contribution >= 4 is 24.0 Å². The van der Waals surface area contributed by atoms with Crippen molar-refractivity contribution in [3.63, 3.8) is 0 Å². The first-order chi connectivity index (χ1) is 24.4. The van der Waals surface area contributed by atoms with Gasteiger partial charge in [0, 0.05) is 45.6 Å². The maximum absolute atomic E-state index is 13.3. The number of aliphatic hydroxyl groups excluding tert-OH is 1. The molecule has 0 aromatic heterocycles. The molecule has 15 nitrogen and oxygen atoms in total. The topological polar surface area (TPSA) is 189 Å². The summed E-state index contributed by atoms with van der Waals surface area (Å²) in [5, 5.41) is 22.7. The predicted octanol–water partition coefficient (Wildman–Crippen LogP) is 1.87. The fourth-order valence-electron chi connectivity index (χ4n) is 7.86. The lowest BCUT2D eigenvalue weighted by Crippen LogP contribution is -2.65. The Bertz CT molecular complexity index is 1260. The van der Waals surface area contributed by atoms with Crippen LogP contribution in [0, 0.1) is 11.8 Å². The average Bonchev–Trinajstić information content (AvgIpc) is 3.76. The summed E-state index contributed by atoms with van der Waals surface area (Å²) >= 11 is 0. The molecule has 3 fully saturated rings. The smallest absolute Gasteiger partial charge is 0.309 e. The lowest BCUT2D eigenvalue weighted by molar-refractivity contribution is -0.337. The first-order valence-corrected chi connectivity index (χ1v) is 18.3. The van der Waals surface area contributed by atoms with Crippen LogP contribution in [0.1, 0.15) is 80.1 Å². The molecule has 0 radical (unpaired) electrons. The maximum atomic E-state index is 13.3. The highest BCUT2D eigenvalue weighted by Crippen LogP contribution is 2.37. The third-order valence-corrected chi connectivity index (χ3v) is 10.3. The van der Waals surface area contributed by atoms with Crippen molar-refractivity contribution in [2.45, 2.75) is 165 Å². The van der Waals surface area contributed by atoms with E-state index in [0.29, 0.717) is 19.1 Å². The molecule has 0 saturated carbocycles. The monoisotopic (exact) mass is 741 g/mol. The van der Waals surface area contributed by atoms with Crippen LogP contribution in [0.25, 0.3) is 0 Å². The SMILES string of the molecule is CO[C@@H]1[C@@H](OC2OC(C)C(OC3CC(C)(O)CC(C)O3)C(N(C)C)C2O)[C@@H](CC=O)C[C@@H](C)C(=O)C=CC2O[C@H]2C[C@@H](C)OC(=O)C[C@H]1OC(C)=O. The van der Waals surface area contributed by atoms with E-state index in [2.05, 4.69) is 0 Å². The number of carbonyl (C=O) groups excluding carboxylic acids is 4. The lowest BCUT2D eigenvalue weighted by Gasteiger charge is -2.49. The van der Waals surface area contributed by atoms with E-state index >= 15 is 0 Å². The molecule has 296 valence electrons. The van der Waals surface area contributed by atoms with E-state index in [1.807, 2.05) is 6.92 Å². The molecule has 3 saturated heterocycles. The van der Waals surface area contributed by atoms with Gasteiger partial charge in [0.25, 0.3) is 0 Å². The van der Waals surface area contributed by atoms with E-state index in [-0.39, 0.29) is 43.4 Å². The van der Waals surface area contributed by atoms with Crippen molar-refractivity contribution in [2.75, 3.05) is 21.2 Å². The number of ether oxygens (including phenoxy) is 8. The third kappa shape index (κ3) is 11.3. The zero-order chi connectivity index (χ0) is 38.5. The van der Waals surface area contributed by atoms with Crippen LogP contribution in [-0.4, -0.2) is 146 Å². The molecule has 9 unspecified atom stereocenters. The number of nitrogens with zero attached hydrogens (tertiary/aromatic N) is 1. The largest absolute Gasteiger partial charge is 0.462 e. The summed E-state index contributed by atoms with van der Waals surface area (Å²) in [7, 11) is 4.91. The number of likely N-dealkylation sites (N-methyl/N-ethyl adjacent to an activating group) is 1. The molecule has 0 aromatic rings. The van der Waals surface area contributed by atoms with Gasteiger partial charge in [0.15, 0.2) is 18.4 Å². The van der Waals surface area contributed by atoms with E-state index in [4.69, 9.17) is 37.9 Å². The van der Waals surface area contributed by atoms with Crippen molar-refractivity contribution in [3.05, 3.63) is 12.2 Å². The summed E-state index contributed by atoms with van der Waals surface area (Å²) in [6.07, 6.45) is -5.06. The minimum absolute atomic E-state index is 0.0910. The number of hydrogen-bond donors (Lipinski definition) is 2. The highest BCUT2D eigenvalue weighted by atomic mass is 16.7. The summed E-state index contributed by atoms with van der Waals surface area (Å²) in [5.41, 5.74) is -1.00. The van der Waals surface area contributed by atoms with Crippen molar-refractivity contribution in [3.8, 4) is 0 Å². The molecule has 4 aliphatic heterocycles. The first-order valence-electron chi connectivity index (χ1n) is 18.3. The van der Waals surface area contributed by atoms with E-state index < -0.39 is 97.1 Å². The molecule has 0 bridgehead atoms. The highest BCUT2D eigenvalue weighted by Gasteiger charge is 2.51. The molecule has 0 aromatic carbocycles. The summed E-state index contributed by atoms with van der Waals surface area (Å²) in [5.74, 6) is -2.83. The summed E-state index contributed by atoms with van der Waals surface area (Å²) < 4.78 is 48.2. The molecule has 2 N–H and O–H groups in total. The molecule has 4 heterocycles. The average molecular weight is 742 g/mol. The highest BCUT2D eigenvalue weighted by molar-refractivity contribution is 5.91. The molecule has 4 aliphatic rings. The number of aldehydes is 1. The number of fused-ring (bicyclic) bond motifs is 1. The lowest BCUT2D eigenvalue weighted by atomic mass is 9.83. The molecule has 16 atom stereocenters. The second-order valence-corrected chi connectivity index (χ2v) is 15.4. The second kappa shape index (κ2) is 18.3. The van der Waals surface area contributed by atoms with Crippen LogP contribution in [0.5, 0.6) is 0 Å². The Balaban J connectivity index is 1.68. The number of hydrogen-bond acceptors (Lipinski definition) is 15. The van der Waals surface area contributed by atoms with Crippen LogP contribution in [0.2, 0.25) is 0 Å². The Morgan fingerprint density at radius 2 is 1.73 bits per heavy atom. The van der Waals surface area contributed by atoms with Crippen LogP contribution in [0.3, 0.4) is 0 Å². The summed E-state index contributed by atoms with van der Waals surface area (Å²) in [4.78, 5) is 53.0. The van der Waals surface area contributed by atoms with Crippen LogP contribution < -0.4 is 0 Å². The van der Waals surface area contributed by atoms with Crippen LogP contribution >= 0.6 is 0 Å². The van der Waals surface area contributed by atoms with Gasteiger partial charge in [-0.3, -0.25) is 14.4 Å². The van der Waals surface area contributed by atoms with E-state index in [9.17, 15) is 29.4 Å². The number of ketones is 1. The Hall–Kier alpha value is -2.34. The number of methoxy groups -OCH3 is 1. The number of cyclic esters (lactones) is 1. The van der Waals surface area contributed by atoms with Gasteiger partial charge in [-0.2, -0.15) is 0 Å². The molecule has 52 heavy (non-hydrogen) atoms. The second-order valence-electron chi connectivity index (χ2n) is 15.4. The number of esters is 2. The molecular formula is C37H59NO14. The summed E-state index contributed by atoms with van der Waals surface area (Å²) in [6.45, 7) is 10.0. The fourth-order valence-corrected chi connectivity index (χ4v) is 7.86. The Labute approximate surface area is 306 Å². The van der Waals surface area contributed by atoms with Crippen LogP contribution in [-0.2, 0) is 57.1 Å². The van der Waals surface area contributed by atoms with Crippen molar-refractivity contribution in [1.29, 1.82) is 0 Å². The molecule has 4 rings (SSSR count). The quantitative estimate of drug-likeness (QED) is 0.198. The molecule has 15 heteroatoms. The standard InChI is InChI=1S/C37H59NO14/c1-19-14-24(12-13-39)34(35(45-9)28(49-23(5)40)16-29(42)46-20(2)15-27-26(50-27)11-10-25(19)41)52-36-32(43)31(38(7)8)33(22(4)48-36)51-30-18-37(6,44)17-21(3)47-30/h10-11,13,19-22,24,26-28,30-36,43-44H,12,14-18H2,1-9H3/t19-,20-,21?,22?,24+,26?,27+,28-,30?,31?,32?,33?,34+,35+,36?,37?/m1/s1. The van der Waals surface area contributed by atoms with Gasteiger partial charge in [-0.05, 0) is 66.3 Å². The van der Waals surface area contributed by atoms with Crippen LogP contribution in [0.15, 0.2) is 12.2 Å². The first kappa shape index (κ1) is 42.4. The number of allylic oxidation sites excluding steroid dienone is 1. The zero-order valence-electron chi connectivity index (χ0n) is 31.9. The minimum atomic E-state index is -1.33. The molecular weight excluding hydrogens is 682 g/mol. The van der Waals surface area contributed by atoms with Crippen molar-refractivity contribution < 1.29 is 67.3 Å². The molecule has 0 spiro atoms. The number of carbonyl (C=O) groups is 4. The van der Waals surface area contributed by atoms with Gasteiger partial charge in [0.1, 0.15) is 42.9 Å². The Kier molecular flexibility index (Phi) is 14.9. The van der Waals surface area contributed by atoms with Gasteiger partial charge in [0.05, 0.1) is 42.5 Å². The van der Waals surface area contributed by atoms with E-state index in [1.165, 1.54) is 20.1 Å². The third-order valence-electron chi connectivity index (χ3n) is 10.3. The summed E-state index contributed by atoms with van der Waals surface area (Å²) in [6, 6.07) is -0.698. The Morgan fingerprint density at radius 3 is 2.35 bits per heavy atom. The Morgan fingerprint density at radius 1 is 1.02 bits per heavy atom. The van der Waals surface area contributed by atoms with E-state index in [0.717, 1.165) is 0 Å². The number of epoxide rings is 1. The van der Waals surface area contributed by atoms with Gasteiger partial charge >= 0.3 is 11.9 Å². The van der Waals surface area contributed by atoms with Gasteiger partial charge in [-0.15, -0.1) is 0 Å². The maximum Gasteiger partial charge on any atom is 0.309 e. The normalized spacial score (nSPS) is 43.7. The zero-order valence-corrected chi connectivity index (χ0v) is 31.9. The van der Waals surface area contributed by atoms with E-state index in [1.54, 1.807) is 52.8 Å². The molecule has 0 amide bonds. The van der Waals surface area contributed by atoms with Gasteiger partial charge in [0.2, 0.25) is 0 Å². The van der Waals surface area contributed by atoms with Gasteiger partial charge < -0.3 is 57.8 Å². The van der Waals surface area contributed by atoms with Gasteiger partial charge in [-0.1, -0.05) is 6.92 Å². The van der Waals surface area contributed by atoms with Crippen molar-refractivity contribution in [2.24, 2.45) is 11.8 Å². The number of aliphatic hydroxyl groups is 2. The van der Waals surface area contributed by atoms with Gasteiger partial charge in [-0.25, -0.2) is 0 Å². The number of rotatable bonds is 9. The predicted molar refractivity (Wildman–Crippen MR) is 184 cm³/mol. The minimum Gasteiger partial charge on any atom is -0.462 e. The van der Waals surface area contributed by atoms with Crippen LogP contribution in [0.4, 0.5) is 0 Å². The van der Waals surface area contributed by atoms with Crippen molar-refractivity contribution in [1.82, 2.24) is 4.90 Å². The molecule has 0 aliphatic carbocycles.